The molecule has 0 spiro atoms. The molecule has 4 heteroatoms. The maximum absolute atomic E-state index is 3.87. The normalized spacial score (nSPS) is 7.62. The molecule has 0 fully saturated rings. The number of anilines is 1. The first-order valence-corrected chi connectivity index (χ1v) is 2.10. The fourth-order valence-electron chi connectivity index (χ4n) is 0.402. The molecule has 8 heavy (non-hydrogen) atoms. The maximum atomic E-state index is 3.87. The van der Waals surface area contributed by atoms with Crippen LogP contribution in [0.4, 0.5) is 5.95 Å². The van der Waals surface area contributed by atoms with Crippen LogP contribution in [0.1, 0.15) is 0 Å². The summed E-state index contributed by atoms with van der Waals surface area (Å²) in [6.07, 6.45) is 3.47. The number of rotatable bonds is 1. The van der Waals surface area contributed by atoms with E-state index in [2.05, 4.69) is 15.3 Å². The van der Waals surface area contributed by atoms with Gasteiger partial charge in [0.2, 0.25) is 0 Å². The molecule has 0 saturated heterocycles. The molecular weight excluding hydrogens is 170 g/mol. The van der Waals surface area contributed by atoms with Gasteiger partial charge < -0.3 is 10.3 Å². The molecule has 1 aromatic rings. The lowest BCUT2D eigenvalue weighted by Crippen LogP contribution is -1.87. The van der Waals surface area contributed by atoms with Crippen molar-refractivity contribution in [2.75, 3.05) is 12.4 Å². The lowest BCUT2D eigenvalue weighted by molar-refractivity contribution is 1.26. The van der Waals surface area contributed by atoms with Crippen molar-refractivity contribution in [1.82, 2.24) is 9.97 Å². The highest BCUT2D eigenvalue weighted by atomic mass is 79.9. The molecule has 3 nitrogen and oxygen atoms in total. The van der Waals surface area contributed by atoms with Gasteiger partial charge in [-0.1, -0.05) is 0 Å². The van der Waals surface area contributed by atoms with Gasteiger partial charge in [0.05, 0.1) is 0 Å². The molecule has 0 saturated carbocycles. The van der Waals surface area contributed by atoms with Gasteiger partial charge in [-0.3, -0.25) is 0 Å². The molecule has 0 unspecified atom stereocenters. The Morgan fingerprint density at radius 3 is 2.75 bits per heavy atom. The quantitative estimate of drug-likeness (QED) is 0.674. The van der Waals surface area contributed by atoms with Gasteiger partial charge in [-0.2, -0.15) is 0 Å². The molecule has 0 radical (unpaired) electrons. The highest BCUT2D eigenvalue weighted by Crippen LogP contribution is 1.89. The van der Waals surface area contributed by atoms with Crippen LogP contribution in [0.3, 0.4) is 0 Å². The Bertz CT molecular complexity index is 126. The van der Waals surface area contributed by atoms with E-state index in [1.807, 2.05) is 7.05 Å². The van der Waals surface area contributed by atoms with Crippen LogP contribution in [0.25, 0.3) is 0 Å². The summed E-state index contributed by atoms with van der Waals surface area (Å²) in [7, 11) is 1.82. The van der Waals surface area contributed by atoms with Gasteiger partial charge in [0.1, 0.15) is 0 Å². The third-order valence-electron chi connectivity index (χ3n) is 0.735. The van der Waals surface area contributed by atoms with E-state index in [9.17, 15) is 0 Å². The summed E-state index contributed by atoms with van der Waals surface area (Å²) in [5.41, 5.74) is 0. The minimum atomic E-state index is 0. The smallest absolute Gasteiger partial charge is 0.199 e. The molecular formula is C4H8BrN3. The molecule has 0 aromatic carbocycles. The van der Waals surface area contributed by atoms with E-state index in [0.29, 0.717) is 0 Å². The second kappa shape index (κ2) is 3.49. The molecule has 0 atom stereocenters. The van der Waals surface area contributed by atoms with Crippen molar-refractivity contribution >= 4 is 22.9 Å². The second-order valence-electron chi connectivity index (χ2n) is 1.19. The molecule has 1 heterocycles. The SMILES string of the molecule is Br.CNc1ncc[nH]1. The third-order valence-corrected chi connectivity index (χ3v) is 0.735. The van der Waals surface area contributed by atoms with Crippen LogP contribution in [-0.2, 0) is 0 Å². The summed E-state index contributed by atoms with van der Waals surface area (Å²) < 4.78 is 0. The maximum Gasteiger partial charge on any atom is 0.199 e. The zero-order chi connectivity index (χ0) is 5.11. The summed E-state index contributed by atoms with van der Waals surface area (Å²) in [6.45, 7) is 0. The predicted molar refractivity (Wildman–Crippen MR) is 38.5 cm³/mol. The number of halogens is 1. The van der Waals surface area contributed by atoms with Crippen molar-refractivity contribution in [3.05, 3.63) is 12.4 Å². The molecule has 46 valence electrons. The van der Waals surface area contributed by atoms with Crippen LogP contribution in [-0.4, -0.2) is 17.0 Å². The molecule has 1 rings (SSSR count). The Hall–Kier alpha value is -0.510. The van der Waals surface area contributed by atoms with Crippen LogP contribution in [0.15, 0.2) is 12.4 Å². The van der Waals surface area contributed by atoms with Gasteiger partial charge in [0.25, 0.3) is 0 Å². The Labute approximate surface area is 58.3 Å². The number of aromatic amines is 1. The zero-order valence-corrected chi connectivity index (χ0v) is 6.22. The van der Waals surface area contributed by atoms with Crippen LogP contribution < -0.4 is 5.32 Å². The first kappa shape index (κ1) is 7.49. The Kier molecular flexibility index (Phi) is 3.26. The molecule has 2 N–H and O–H groups in total. The van der Waals surface area contributed by atoms with Crippen LogP contribution in [0.2, 0.25) is 0 Å². The average Bonchev–Trinajstić information content (AvgIpc) is 2.14. The van der Waals surface area contributed by atoms with Crippen molar-refractivity contribution in [3.8, 4) is 0 Å². The number of hydrogen-bond donors (Lipinski definition) is 2. The Morgan fingerprint density at radius 2 is 2.50 bits per heavy atom. The van der Waals surface area contributed by atoms with Crippen molar-refractivity contribution in [2.24, 2.45) is 0 Å². The standard InChI is InChI=1S/C4H7N3.BrH/c1-5-4-6-2-3-7-4;/h2-3H,1H3,(H2,5,6,7);1H. The fraction of sp³-hybridized carbons (Fsp3) is 0.250. The molecule has 0 bridgehead atoms. The first-order chi connectivity index (χ1) is 3.43. The number of nitrogens with one attached hydrogen (secondary N) is 2. The van der Waals surface area contributed by atoms with Crippen LogP contribution in [0, 0.1) is 0 Å². The third kappa shape index (κ3) is 1.54. The van der Waals surface area contributed by atoms with E-state index in [-0.39, 0.29) is 17.0 Å². The molecule has 0 aliphatic heterocycles. The predicted octanol–water partition coefficient (Wildman–Crippen LogP) is 1.03. The van der Waals surface area contributed by atoms with Crippen molar-refractivity contribution in [1.29, 1.82) is 0 Å². The summed E-state index contributed by atoms with van der Waals surface area (Å²) >= 11 is 0. The number of nitrogens with zero attached hydrogens (tertiary/aromatic N) is 1. The number of aromatic nitrogens is 2. The zero-order valence-electron chi connectivity index (χ0n) is 4.51. The molecule has 0 aliphatic rings. The second-order valence-corrected chi connectivity index (χ2v) is 1.19. The number of hydrogen-bond acceptors (Lipinski definition) is 2. The first-order valence-electron chi connectivity index (χ1n) is 2.10. The van der Waals surface area contributed by atoms with E-state index in [0.717, 1.165) is 5.95 Å². The van der Waals surface area contributed by atoms with Crippen molar-refractivity contribution in [2.45, 2.75) is 0 Å². The van der Waals surface area contributed by atoms with Crippen LogP contribution in [0.5, 0.6) is 0 Å². The van der Waals surface area contributed by atoms with Crippen molar-refractivity contribution < 1.29 is 0 Å². The lowest BCUT2D eigenvalue weighted by Gasteiger charge is -1.85. The van der Waals surface area contributed by atoms with E-state index in [4.69, 9.17) is 0 Å². The minimum absolute atomic E-state index is 0. The van der Waals surface area contributed by atoms with Gasteiger partial charge >= 0.3 is 0 Å². The number of H-pyrrole nitrogens is 1. The average molecular weight is 178 g/mol. The van der Waals surface area contributed by atoms with E-state index in [1.165, 1.54) is 0 Å². The van der Waals surface area contributed by atoms with Gasteiger partial charge in [0.15, 0.2) is 5.95 Å². The summed E-state index contributed by atoms with van der Waals surface area (Å²) in [6, 6.07) is 0. The Morgan fingerprint density at radius 1 is 1.75 bits per heavy atom. The van der Waals surface area contributed by atoms with Gasteiger partial charge in [0, 0.05) is 19.4 Å². The lowest BCUT2D eigenvalue weighted by atomic mass is 11.0. The van der Waals surface area contributed by atoms with Gasteiger partial charge in [-0.15, -0.1) is 17.0 Å². The summed E-state index contributed by atoms with van der Waals surface area (Å²) in [5, 5.41) is 2.84. The van der Waals surface area contributed by atoms with Gasteiger partial charge in [-0.25, -0.2) is 4.98 Å². The molecule has 0 aliphatic carbocycles. The fourth-order valence-corrected chi connectivity index (χ4v) is 0.402. The van der Waals surface area contributed by atoms with E-state index < -0.39 is 0 Å². The highest BCUT2D eigenvalue weighted by Gasteiger charge is 1.80. The molecule has 0 amide bonds. The monoisotopic (exact) mass is 177 g/mol. The van der Waals surface area contributed by atoms with E-state index >= 15 is 0 Å². The number of imidazole rings is 1. The minimum Gasteiger partial charge on any atom is -0.359 e. The van der Waals surface area contributed by atoms with Crippen LogP contribution >= 0.6 is 17.0 Å². The highest BCUT2D eigenvalue weighted by molar-refractivity contribution is 8.93. The topological polar surface area (TPSA) is 40.7 Å². The Balaban J connectivity index is 0.000000490. The van der Waals surface area contributed by atoms with E-state index in [1.54, 1.807) is 12.4 Å². The summed E-state index contributed by atoms with van der Waals surface area (Å²) in [5.74, 6) is 0.806. The molecule has 1 aromatic heterocycles. The summed E-state index contributed by atoms with van der Waals surface area (Å²) in [4.78, 5) is 6.73. The van der Waals surface area contributed by atoms with Gasteiger partial charge in [-0.05, 0) is 0 Å². The van der Waals surface area contributed by atoms with Crippen molar-refractivity contribution in [3.63, 3.8) is 0 Å². The largest absolute Gasteiger partial charge is 0.359 e.